The van der Waals surface area contributed by atoms with E-state index in [0.29, 0.717) is 10.9 Å². The molecule has 0 aliphatic carbocycles. The fourth-order valence-electron chi connectivity index (χ4n) is 3.87. The highest BCUT2D eigenvalue weighted by Gasteiger charge is 2.36. The molecule has 2 heterocycles. The molecule has 0 bridgehead atoms. The summed E-state index contributed by atoms with van der Waals surface area (Å²) < 4.78 is 0. The zero-order valence-electron chi connectivity index (χ0n) is 14.4. The second-order valence-corrected chi connectivity index (χ2v) is 7.47. The third kappa shape index (κ3) is 2.77. The first kappa shape index (κ1) is 16.8. The van der Waals surface area contributed by atoms with Crippen LogP contribution in [0, 0.1) is 0 Å². The lowest BCUT2D eigenvalue weighted by atomic mass is 9.79. The number of carbonyl (C=O) groups excluding carboxylic acids is 2. The molecule has 2 aliphatic rings. The van der Waals surface area contributed by atoms with Gasteiger partial charge in [0.05, 0.1) is 0 Å². The largest absolute Gasteiger partial charge is 0.366 e. The Kier molecular flexibility index (Phi) is 4.08. The molecule has 1 saturated heterocycles. The zero-order chi connectivity index (χ0) is 17.6. The smallest absolute Gasteiger partial charge is 0.326 e. The number of anilines is 1. The van der Waals surface area contributed by atoms with Crippen LogP contribution in [0.2, 0.25) is 5.02 Å². The van der Waals surface area contributed by atoms with Crippen LogP contribution in [0.1, 0.15) is 51.2 Å². The highest BCUT2D eigenvalue weighted by atomic mass is 35.5. The van der Waals surface area contributed by atoms with Crippen LogP contribution in [0.25, 0.3) is 6.08 Å². The maximum absolute atomic E-state index is 11.7. The summed E-state index contributed by atoms with van der Waals surface area (Å²) in [5.41, 5.74) is 3.40. The van der Waals surface area contributed by atoms with Crippen LogP contribution in [0.3, 0.4) is 0 Å². The van der Waals surface area contributed by atoms with Crippen molar-refractivity contribution in [2.24, 2.45) is 0 Å². The molecule has 0 aromatic heterocycles. The number of benzene rings is 1. The van der Waals surface area contributed by atoms with Gasteiger partial charge in [-0.05, 0) is 62.4 Å². The van der Waals surface area contributed by atoms with Crippen LogP contribution >= 0.6 is 11.6 Å². The number of hydrogen-bond acceptors (Lipinski definition) is 3. The van der Waals surface area contributed by atoms with Crippen LogP contribution < -0.4 is 15.5 Å². The number of urea groups is 1. The molecule has 24 heavy (non-hydrogen) atoms. The van der Waals surface area contributed by atoms with Gasteiger partial charge in [0.2, 0.25) is 0 Å². The van der Waals surface area contributed by atoms with Gasteiger partial charge >= 0.3 is 6.03 Å². The zero-order valence-corrected chi connectivity index (χ0v) is 15.1. The van der Waals surface area contributed by atoms with Gasteiger partial charge in [-0.3, -0.25) is 10.1 Å². The molecule has 1 aromatic carbocycles. The summed E-state index contributed by atoms with van der Waals surface area (Å²) in [6.45, 7) is 9.75. The number of nitrogens with one attached hydrogen (secondary N) is 2. The Balaban J connectivity index is 2.08. The summed E-state index contributed by atoms with van der Waals surface area (Å²) in [6, 6.07) is 3.50. The minimum Gasteiger partial charge on any atom is -0.366 e. The molecule has 1 unspecified atom stereocenters. The topological polar surface area (TPSA) is 61.4 Å². The maximum atomic E-state index is 11.7. The molecule has 1 fully saturated rings. The number of carbonyl (C=O) groups is 2. The Hall–Kier alpha value is -2.01. The average Bonchev–Trinajstić information content (AvgIpc) is 2.78. The first-order valence-electron chi connectivity index (χ1n) is 8.18. The minimum atomic E-state index is -0.507. The van der Waals surface area contributed by atoms with E-state index >= 15 is 0 Å². The SMILES string of the molecule is CCN1c2cc(Cl)c(/C=C3\NC(=O)NC3=O)cc2C(C)CC1(C)C. The van der Waals surface area contributed by atoms with Gasteiger partial charge in [-0.25, -0.2) is 4.79 Å². The molecular weight excluding hydrogens is 326 g/mol. The predicted molar refractivity (Wildman–Crippen MR) is 96.2 cm³/mol. The van der Waals surface area contributed by atoms with E-state index in [-0.39, 0.29) is 11.2 Å². The normalized spacial score (nSPS) is 24.0. The van der Waals surface area contributed by atoms with Crippen molar-refractivity contribution in [2.45, 2.75) is 45.6 Å². The molecule has 5 nitrogen and oxygen atoms in total. The third-order valence-electron chi connectivity index (χ3n) is 4.84. The Bertz CT molecular complexity index is 755. The second-order valence-electron chi connectivity index (χ2n) is 7.06. The van der Waals surface area contributed by atoms with E-state index in [4.69, 9.17) is 11.6 Å². The lowest BCUT2D eigenvalue weighted by Crippen LogP contribution is -2.48. The van der Waals surface area contributed by atoms with Crippen molar-refractivity contribution in [1.82, 2.24) is 10.6 Å². The lowest BCUT2D eigenvalue weighted by molar-refractivity contribution is -0.115. The van der Waals surface area contributed by atoms with Gasteiger partial charge in [0, 0.05) is 22.8 Å². The highest BCUT2D eigenvalue weighted by Crippen LogP contribution is 2.45. The van der Waals surface area contributed by atoms with E-state index in [9.17, 15) is 9.59 Å². The maximum Gasteiger partial charge on any atom is 0.326 e. The van der Waals surface area contributed by atoms with E-state index in [0.717, 1.165) is 24.2 Å². The van der Waals surface area contributed by atoms with E-state index in [1.165, 1.54) is 5.56 Å². The number of hydrogen-bond donors (Lipinski definition) is 2. The van der Waals surface area contributed by atoms with E-state index in [2.05, 4.69) is 43.2 Å². The molecule has 128 valence electrons. The Morgan fingerprint density at radius 1 is 1.33 bits per heavy atom. The number of rotatable bonds is 2. The Morgan fingerprint density at radius 2 is 2.04 bits per heavy atom. The Labute approximate surface area is 147 Å². The van der Waals surface area contributed by atoms with E-state index in [1.54, 1.807) is 6.08 Å². The first-order chi connectivity index (χ1) is 11.2. The van der Waals surface area contributed by atoms with Gasteiger partial charge in [0.25, 0.3) is 5.91 Å². The summed E-state index contributed by atoms with van der Waals surface area (Å²) in [7, 11) is 0. The van der Waals surface area contributed by atoms with Gasteiger partial charge in [-0.1, -0.05) is 18.5 Å². The first-order valence-corrected chi connectivity index (χ1v) is 8.56. The summed E-state index contributed by atoms with van der Waals surface area (Å²) in [5, 5.41) is 5.26. The predicted octanol–water partition coefficient (Wildman–Crippen LogP) is 3.63. The van der Waals surface area contributed by atoms with Crippen molar-refractivity contribution >= 4 is 35.3 Å². The van der Waals surface area contributed by atoms with Crippen molar-refractivity contribution in [2.75, 3.05) is 11.4 Å². The van der Waals surface area contributed by atoms with Crippen molar-refractivity contribution in [3.8, 4) is 0 Å². The number of amides is 3. The summed E-state index contributed by atoms with van der Waals surface area (Å²) in [6.07, 6.45) is 2.67. The quantitative estimate of drug-likeness (QED) is 0.634. The molecule has 6 heteroatoms. The highest BCUT2D eigenvalue weighted by molar-refractivity contribution is 6.32. The van der Waals surface area contributed by atoms with Gasteiger partial charge in [-0.2, -0.15) is 0 Å². The summed E-state index contributed by atoms with van der Waals surface area (Å²) >= 11 is 6.47. The summed E-state index contributed by atoms with van der Waals surface area (Å²) in [5.74, 6) is -0.0441. The van der Waals surface area contributed by atoms with Gasteiger partial charge in [-0.15, -0.1) is 0 Å². The minimum absolute atomic E-state index is 0.0732. The molecule has 1 aromatic rings. The number of halogens is 1. The standard InChI is InChI=1S/C18H22ClN3O2/c1-5-22-15-8-13(19)11(7-14-16(23)21-17(24)20-14)6-12(15)10(2)9-18(22,3)4/h6-8,10H,5,9H2,1-4H3,(H2,20,21,23,24)/b14-7-. The summed E-state index contributed by atoms with van der Waals surface area (Å²) in [4.78, 5) is 25.3. The van der Waals surface area contributed by atoms with Crippen molar-refractivity contribution < 1.29 is 9.59 Å². The van der Waals surface area contributed by atoms with Crippen LogP contribution in [0.15, 0.2) is 17.8 Å². The number of nitrogens with zero attached hydrogens (tertiary/aromatic N) is 1. The molecule has 3 amide bonds. The monoisotopic (exact) mass is 347 g/mol. The lowest BCUT2D eigenvalue weighted by Gasteiger charge is -2.47. The molecular formula is C18H22ClN3O2. The second kappa shape index (κ2) is 5.81. The fraction of sp³-hybridized carbons (Fsp3) is 0.444. The molecule has 2 aliphatic heterocycles. The molecule has 0 spiro atoms. The van der Waals surface area contributed by atoms with Crippen molar-refractivity contribution in [3.63, 3.8) is 0 Å². The Morgan fingerprint density at radius 3 is 2.62 bits per heavy atom. The molecule has 0 saturated carbocycles. The molecule has 1 atom stereocenters. The van der Waals surface area contributed by atoms with Crippen LogP contribution in [-0.2, 0) is 4.79 Å². The van der Waals surface area contributed by atoms with E-state index in [1.807, 2.05) is 12.1 Å². The van der Waals surface area contributed by atoms with Crippen molar-refractivity contribution in [3.05, 3.63) is 34.0 Å². The fourth-order valence-corrected chi connectivity index (χ4v) is 4.08. The van der Waals surface area contributed by atoms with Crippen LogP contribution in [-0.4, -0.2) is 24.0 Å². The van der Waals surface area contributed by atoms with Crippen LogP contribution in [0.4, 0.5) is 10.5 Å². The number of fused-ring (bicyclic) bond motifs is 1. The van der Waals surface area contributed by atoms with Crippen LogP contribution in [0.5, 0.6) is 0 Å². The van der Waals surface area contributed by atoms with E-state index < -0.39 is 11.9 Å². The molecule has 3 rings (SSSR count). The average molecular weight is 348 g/mol. The van der Waals surface area contributed by atoms with Gasteiger partial charge < -0.3 is 10.2 Å². The van der Waals surface area contributed by atoms with Gasteiger partial charge in [0.1, 0.15) is 5.70 Å². The van der Waals surface area contributed by atoms with Gasteiger partial charge in [0.15, 0.2) is 0 Å². The molecule has 0 radical (unpaired) electrons. The van der Waals surface area contributed by atoms with Crippen molar-refractivity contribution in [1.29, 1.82) is 0 Å². The third-order valence-corrected chi connectivity index (χ3v) is 5.17. The molecule has 2 N–H and O–H groups in total. The number of imide groups is 1.